The Bertz CT molecular complexity index is 752. The van der Waals surface area contributed by atoms with E-state index in [0.717, 1.165) is 75.7 Å². The van der Waals surface area contributed by atoms with Gasteiger partial charge in [0.25, 0.3) is 0 Å². The third kappa shape index (κ3) is 9.91. The molecule has 0 fully saturated rings. The van der Waals surface area contributed by atoms with E-state index in [1.165, 1.54) is 12.0 Å². The lowest BCUT2D eigenvalue weighted by atomic mass is 9.91. The molecule has 1 unspecified atom stereocenters. The first-order chi connectivity index (χ1) is 15.0. The number of unbranched alkanes of at least 4 members (excludes halogenated alkanes) is 8. The summed E-state index contributed by atoms with van der Waals surface area (Å²) in [5.41, 5.74) is 0.939. The number of nitriles is 1. The minimum atomic E-state index is -0.720. The van der Waals surface area contributed by atoms with Crippen LogP contribution in [0.3, 0.4) is 0 Å². The van der Waals surface area contributed by atoms with Crippen LogP contribution in [0.1, 0.15) is 89.5 Å². The van der Waals surface area contributed by atoms with E-state index in [1.807, 2.05) is 12.1 Å². The van der Waals surface area contributed by atoms with Crippen molar-refractivity contribution in [2.24, 2.45) is 0 Å². The van der Waals surface area contributed by atoms with Crippen LogP contribution in [0.25, 0.3) is 0 Å². The Morgan fingerprint density at radius 3 is 2.77 bits per heavy atom. The molecule has 5 nitrogen and oxygen atoms in total. The van der Waals surface area contributed by atoms with E-state index in [4.69, 9.17) is 19.8 Å². The summed E-state index contributed by atoms with van der Waals surface area (Å²) in [6.45, 7) is 2.80. The molecule has 1 heterocycles. The van der Waals surface area contributed by atoms with E-state index in [2.05, 4.69) is 31.2 Å². The number of nitrogens with zero attached hydrogens (tertiary/aromatic N) is 1. The van der Waals surface area contributed by atoms with Crippen molar-refractivity contribution >= 4 is 5.97 Å². The second-order valence-corrected chi connectivity index (χ2v) is 8.60. The summed E-state index contributed by atoms with van der Waals surface area (Å²) in [5.74, 6) is 1.10. The number of carboxylic acids is 1. The van der Waals surface area contributed by atoms with E-state index in [0.29, 0.717) is 13.0 Å². The Morgan fingerprint density at radius 2 is 1.97 bits per heavy atom. The van der Waals surface area contributed by atoms with Gasteiger partial charge < -0.3 is 14.6 Å². The molecule has 5 heteroatoms. The Hall–Kier alpha value is -2.48. The zero-order chi connectivity index (χ0) is 22.4. The number of hydrogen-bond acceptors (Lipinski definition) is 4. The van der Waals surface area contributed by atoms with Crippen LogP contribution < -0.4 is 9.47 Å². The van der Waals surface area contributed by atoms with Crippen LogP contribution in [-0.4, -0.2) is 23.3 Å². The molecule has 0 saturated carbocycles. The summed E-state index contributed by atoms with van der Waals surface area (Å²) in [7, 11) is 0. The standard InChI is InChI=1S/C26H37NO4/c1-26(17-10-6-3-2-4-7-11-19-27)18-16-22-21-23(14-15-24(22)31-26)30-20-12-8-5-9-13-25(28)29/h10,14-15,17,21H,2-9,11-13,16,18,20H2,1H3,(H,28,29). The second kappa shape index (κ2) is 13.7. The van der Waals surface area contributed by atoms with Gasteiger partial charge in [-0.15, -0.1) is 0 Å². The minimum absolute atomic E-state index is 0.253. The van der Waals surface area contributed by atoms with Crippen molar-refractivity contribution in [3.05, 3.63) is 35.9 Å². The smallest absolute Gasteiger partial charge is 0.303 e. The molecule has 0 radical (unpaired) electrons. The summed E-state index contributed by atoms with van der Waals surface area (Å²) in [6, 6.07) is 8.27. The first kappa shape index (κ1) is 24.8. The summed E-state index contributed by atoms with van der Waals surface area (Å²) in [4.78, 5) is 10.5. The first-order valence-electron chi connectivity index (χ1n) is 11.7. The largest absolute Gasteiger partial charge is 0.494 e. The molecular formula is C26H37NO4. The monoisotopic (exact) mass is 427 g/mol. The fourth-order valence-electron chi connectivity index (χ4n) is 3.82. The normalized spacial score (nSPS) is 17.7. The highest BCUT2D eigenvalue weighted by atomic mass is 16.5. The highest BCUT2D eigenvalue weighted by molar-refractivity contribution is 5.66. The zero-order valence-electron chi connectivity index (χ0n) is 18.9. The predicted octanol–water partition coefficient (Wildman–Crippen LogP) is 6.60. The van der Waals surface area contributed by atoms with Gasteiger partial charge in [0.1, 0.15) is 17.1 Å². The number of allylic oxidation sites excluding steroid dienone is 1. The number of rotatable bonds is 15. The molecule has 1 aromatic carbocycles. The second-order valence-electron chi connectivity index (χ2n) is 8.60. The van der Waals surface area contributed by atoms with Crippen molar-refractivity contribution in [2.75, 3.05) is 6.61 Å². The van der Waals surface area contributed by atoms with Crippen LogP contribution in [0.15, 0.2) is 30.4 Å². The van der Waals surface area contributed by atoms with Crippen molar-refractivity contribution < 1.29 is 19.4 Å². The molecular weight excluding hydrogens is 390 g/mol. The molecule has 0 amide bonds. The molecule has 170 valence electrons. The fraction of sp³-hybridized carbons (Fsp3) is 0.615. The van der Waals surface area contributed by atoms with E-state index in [9.17, 15) is 4.79 Å². The highest BCUT2D eigenvalue weighted by Crippen LogP contribution is 2.36. The molecule has 0 saturated heterocycles. The van der Waals surface area contributed by atoms with Crippen LogP contribution in [-0.2, 0) is 11.2 Å². The lowest BCUT2D eigenvalue weighted by molar-refractivity contribution is -0.137. The molecule has 1 atom stereocenters. The number of aliphatic carboxylic acids is 1. The van der Waals surface area contributed by atoms with Crippen molar-refractivity contribution in [3.8, 4) is 17.6 Å². The number of hydrogen-bond donors (Lipinski definition) is 1. The Balaban J connectivity index is 1.69. The lowest BCUT2D eigenvalue weighted by Gasteiger charge is -2.33. The Kier molecular flexibility index (Phi) is 11.0. The lowest BCUT2D eigenvalue weighted by Crippen LogP contribution is -2.34. The van der Waals surface area contributed by atoms with Crippen LogP contribution in [0.4, 0.5) is 0 Å². The Morgan fingerprint density at radius 1 is 1.19 bits per heavy atom. The van der Waals surface area contributed by atoms with Crippen LogP contribution in [0.5, 0.6) is 11.5 Å². The summed E-state index contributed by atoms with van der Waals surface area (Å²) in [5, 5.41) is 17.2. The predicted molar refractivity (Wildman–Crippen MR) is 122 cm³/mol. The van der Waals surface area contributed by atoms with Crippen molar-refractivity contribution in [1.29, 1.82) is 5.26 Å². The number of ether oxygens (including phenoxy) is 2. The number of fused-ring (bicyclic) bond motifs is 1. The molecule has 0 aliphatic carbocycles. The van der Waals surface area contributed by atoms with Crippen LogP contribution in [0.2, 0.25) is 0 Å². The summed E-state index contributed by atoms with van der Waals surface area (Å²) in [6.07, 6.45) is 16.4. The molecule has 31 heavy (non-hydrogen) atoms. The molecule has 0 spiro atoms. The van der Waals surface area contributed by atoms with Crippen LogP contribution >= 0.6 is 0 Å². The van der Waals surface area contributed by atoms with Gasteiger partial charge in [0.05, 0.1) is 12.7 Å². The third-order valence-corrected chi connectivity index (χ3v) is 5.70. The molecule has 1 N–H and O–H groups in total. The minimum Gasteiger partial charge on any atom is -0.494 e. The van der Waals surface area contributed by atoms with E-state index in [-0.39, 0.29) is 12.0 Å². The van der Waals surface area contributed by atoms with Crippen molar-refractivity contribution in [2.45, 2.75) is 96.0 Å². The molecule has 2 rings (SSSR count). The van der Waals surface area contributed by atoms with Gasteiger partial charge in [0, 0.05) is 12.8 Å². The van der Waals surface area contributed by atoms with E-state index < -0.39 is 5.97 Å². The van der Waals surface area contributed by atoms with Gasteiger partial charge in [-0.2, -0.15) is 5.26 Å². The van der Waals surface area contributed by atoms with Gasteiger partial charge in [0.15, 0.2) is 0 Å². The molecule has 0 bridgehead atoms. The summed E-state index contributed by atoms with van der Waals surface area (Å²) < 4.78 is 12.2. The molecule has 1 aromatic rings. The fourth-order valence-corrected chi connectivity index (χ4v) is 3.82. The molecule has 1 aliphatic rings. The van der Waals surface area contributed by atoms with Gasteiger partial charge in [-0.3, -0.25) is 4.79 Å². The van der Waals surface area contributed by atoms with Gasteiger partial charge in [0.2, 0.25) is 0 Å². The van der Waals surface area contributed by atoms with Crippen LogP contribution in [0, 0.1) is 11.3 Å². The molecule has 1 aliphatic heterocycles. The van der Waals surface area contributed by atoms with E-state index >= 15 is 0 Å². The average Bonchev–Trinajstić information content (AvgIpc) is 2.75. The van der Waals surface area contributed by atoms with E-state index in [1.54, 1.807) is 0 Å². The number of benzene rings is 1. The third-order valence-electron chi connectivity index (χ3n) is 5.70. The van der Waals surface area contributed by atoms with Crippen molar-refractivity contribution in [1.82, 2.24) is 0 Å². The quantitative estimate of drug-likeness (QED) is 0.252. The molecule has 0 aromatic heterocycles. The maximum atomic E-state index is 10.5. The first-order valence-corrected chi connectivity index (χ1v) is 11.7. The Labute approximate surface area is 187 Å². The van der Waals surface area contributed by atoms with Gasteiger partial charge in [-0.25, -0.2) is 0 Å². The summed E-state index contributed by atoms with van der Waals surface area (Å²) >= 11 is 0. The van der Waals surface area contributed by atoms with Crippen molar-refractivity contribution in [3.63, 3.8) is 0 Å². The SMILES string of the molecule is CC1(C=CCCCCCCC#N)CCc2cc(OCCCCCCC(=O)O)ccc2O1. The zero-order valence-corrected chi connectivity index (χ0v) is 18.9. The topological polar surface area (TPSA) is 79.5 Å². The maximum Gasteiger partial charge on any atom is 0.303 e. The number of carbonyl (C=O) groups is 1. The number of aryl methyl sites for hydroxylation is 1. The van der Waals surface area contributed by atoms with Gasteiger partial charge in [-0.05, 0) is 81.7 Å². The van der Waals surface area contributed by atoms with Gasteiger partial charge >= 0.3 is 5.97 Å². The maximum absolute atomic E-state index is 10.5. The average molecular weight is 428 g/mol. The van der Waals surface area contributed by atoms with Gasteiger partial charge in [-0.1, -0.05) is 31.8 Å². The highest BCUT2D eigenvalue weighted by Gasteiger charge is 2.29. The number of carboxylic acid groups (broad SMARTS) is 1.